The SMILES string of the molecule is CCOc1ccc(N=Cc2cc(Cl)c(OS(=O)(=O)c3ccccc3)c(OC)c2)cc1. The van der Waals surface area contributed by atoms with Crippen molar-refractivity contribution in [3.8, 4) is 17.2 Å². The summed E-state index contributed by atoms with van der Waals surface area (Å²) in [5, 5.41) is 0.0852. The molecule has 0 radical (unpaired) electrons. The van der Waals surface area contributed by atoms with E-state index in [-0.39, 0.29) is 21.4 Å². The maximum atomic E-state index is 12.5. The highest BCUT2D eigenvalue weighted by molar-refractivity contribution is 7.87. The molecular weight excluding hydrogens is 426 g/mol. The van der Waals surface area contributed by atoms with Gasteiger partial charge >= 0.3 is 10.1 Å². The largest absolute Gasteiger partial charge is 0.494 e. The van der Waals surface area contributed by atoms with E-state index in [4.69, 9.17) is 25.3 Å². The minimum absolute atomic E-state index is 0.0178. The third-order valence-corrected chi connectivity index (χ3v) is 5.50. The van der Waals surface area contributed by atoms with Crippen molar-refractivity contribution < 1.29 is 22.1 Å². The molecule has 3 rings (SSSR count). The highest BCUT2D eigenvalue weighted by Crippen LogP contribution is 2.38. The zero-order valence-electron chi connectivity index (χ0n) is 16.4. The molecule has 0 unspecified atom stereocenters. The second-order valence-corrected chi connectivity index (χ2v) is 8.02. The van der Waals surface area contributed by atoms with Crippen molar-refractivity contribution in [2.75, 3.05) is 13.7 Å². The molecular formula is C22H20ClNO5S. The molecule has 0 saturated heterocycles. The maximum Gasteiger partial charge on any atom is 0.339 e. The van der Waals surface area contributed by atoms with E-state index in [1.807, 2.05) is 31.2 Å². The quantitative estimate of drug-likeness (QED) is 0.349. The topological polar surface area (TPSA) is 74.2 Å². The van der Waals surface area contributed by atoms with Crippen LogP contribution in [0.3, 0.4) is 0 Å². The molecule has 8 heteroatoms. The van der Waals surface area contributed by atoms with Crippen LogP contribution in [0.1, 0.15) is 12.5 Å². The first-order chi connectivity index (χ1) is 14.4. The second kappa shape index (κ2) is 9.65. The van der Waals surface area contributed by atoms with Crippen molar-refractivity contribution in [1.82, 2.24) is 0 Å². The second-order valence-electron chi connectivity index (χ2n) is 6.07. The maximum absolute atomic E-state index is 12.5. The van der Waals surface area contributed by atoms with E-state index < -0.39 is 10.1 Å². The van der Waals surface area contributed by atoms with Gasteiger partial charge < -0.3 is 13.7 Å². The molecule has 0 saturated carbocycles. The van der Waals surface area contributed by atoms with Crippen molar-refractivity contribution in [2.45, 2.75) is 11.8 Å². The Morgan fingerprint density at radius 2 is 1.73 bits per heavy atom. The number of hydrogen-bond donors (Lipinski definition) is 0. The fourth-order valence-electron chi connectivity index (χ4n) is 2.58. The minimum Gasteiger partial charge on any atom is -0.494 e. The smallest absolute Gasteiger partial charge is 0.339 e. The van der Waals surface area contributed by atoms with Gasteiger partial charge in [0.2, 0.25) is 5.75 Å². The fourth-order valence-corrected chi connectivity index (χ4v) is 3.87. The summed E-state index contributed by atoms with van der Waals surface area (Å²) in [5.74, 6) is 0.860. The summed E-state index contributed by atoms with van der Waals surface area (Å²) < 4.78 is 41.0. The standard InChI is InChI=1S/C22H20ClNO5S/c1-3-28-18-11-9-17(10-12-18)24-15-16-13-20(23)22(21(14-16)27-2)29-30(25,26)19-7-5-4-6-8-19/h4-15H,3H2,1-2H3. The Morgan fingerprint density at radius 1 is 1.03 bits per heavy atom. The number of methoxy groups -OCH3 is 1. The van der Waals surface area contributed by atoms with Crippen LogP contribution in [0.2, 0.25) is 5.02 Å². The summed E-state index contributed by atoms with van der Waals surface area (Å²) in [4.78, 5) is 4.41. The van der Waals surface area contributed by atoms with Gasteiger partial charge in [-0.3, -0.25) is 4.99 Å². The first-order valence-electron chi connectivity index (χ1n) is 9.07. The molecule has 0 aliphatic heterocycles. The number of halogens is 1. The average Bonchev–Trinajstić information content (AvgIpc) is 2.75. The third-order valence-electron chi connectivity index (χ3n) is 3.99. The van der Waals surface area contributed by atoms with Crippen LogP contribution in [0.25, 0.3) is 0 Å². The van der Waals surface area contributed by atoms with Gasteiger partial charge in [0.25, 0.3) is 0 Å². The van der Waals surface area contributed by atoms with Gasteiger partial charge in [0.1, 0.15) is 10.6 Å². The molecule has 30 heavy (non-hydrogen) atoms. The van der Waals surface area contributed by atoms with Gasteiger partial charge in [0.05, 0.1) is 24.4 Å². The highest BCUT2D eigenvalue weighted by atomic mass is 35.5. The zero-order valence-corrected chi connectivity index (χ0v) is 18.0. The molecule has 0 spiro atoms. The monoisotopic (exact) mass is 445 g/mol. The van der Waals surface area contributed by atoms with E-state index in [1.54, 1.807) is 36.5 Å². The Balaban J connectivity index is 1.85. The fraction of sp³-hybridized carbons (Fsp3) is 0.136. The van der Waals surface area contributed by atoms with E-state index in [0.717, 1.165) is 11.4 Å². The molecule has 0 aliphatic rings. The summed E-state index contributed by atoms with van der Waals surface area (Å²) in [6.07, 6.45) is 1.60. The normalized spacial score (nSPS) is 11.4. The first kappa shape index (κ1) is 21.7. The lowest BCUT2D eigenvalue weighted by Gasteiger charge is -2.13. The molecule has 0 aliphatic carbocycles. The van der Waals surface area contributed by atoms with Crippen molar-refractivity contribution in [2.24, 2.45) is 4.99 Å². The van der Waals surface area contributed by atoms with Crippen LogP contribution in [0.5, 0.6) is 17.2 Å². The summed E-state index contributed by atoms with van der Waals surface area (Å²) in [7, 11) is -2.65. The Labute approximate surface area is 180 Å². The zero-order chi connectivity index (χ0) is 21.6. The predicted octanol–water partition coefficient (Wildman–Crippen LogP) is 5.27. The van der Waals surface area contributed by atoms with E-state index in [2.05, 4.69) is 4.99 Å². The molecule has 0 N–H and O–H groups in total. The Hall–Kier alpha value is -3.03. The van der Waals surface area contributed by atoms with Crippen LogP contribution < -0.4 is 13.7 Å². The predicted molar refractivity (Wildman–Crippen MR) is 117 cm³/mol. The van der Waals surface area contributed by atoms with Crippen molar-refractivity contribution in [3.63, 3.8) is 0 Å². The molecule has 0 bridgehead atoms. The molecule has 0 atom stereocenters. The molecule has 0 amide bonds. The number of benzene rings is 3. The van der Waals surface area contributed by atoms with Crippen molar-refractivity contribution >= 4 is 33.6 Å². The first-order valence-corrected chi connectivity index (χ1v) is 10.9. The van der Waals surface area contributed by atoms with Gasteiger partial charge in [-0.15, -0.1) is 0 Å². The molecule has 156 valence electrons. The van der Waals surface area contributed by atoms with Crippen molar-refractivity contribution in [1.29, 1.82) is 0 Å². The third kappa shape index (κ3) is 5.31. The van der Waals surface area contributed by atoms with E-state index in [9.17, 15) is 8.42 Å². The summed E-state index contributed by atoms with van der Waals surface area (Å²) in [5.41, 5.74) is 1.34. The van der Waals surface area contributed by atoms with Gasteiger partial charge in [0, 0.05) is 6.21 Å². The Morgan fingerprint density at radius 3 is 2.37 bits per heavy atom. The van der Waals surface area contributed by atoms with E-state index in [1.165, 1.54) is 19.2 Å². The molecule has 0 fully saturated rings. The molecule has 3 aromatic rings. The highest BCUT2D eigenvalue weighted by Gasteiger charge is 2.21. The minimum atomic E-state index is -4.06. The Kier molecular flexibility index (Phi) is 6.97. The molecule has 0 heterocycles. The molecule has 3 aromatic carbocycles. The Bertz CT molecular complexity index is 1130. The lowest BCUT2D eigenvalue weighted by atomic mass is 10.2. The number of nitrogens with zero attached hydrogens (tertiary/aromatic N) is 1. The summed E-state index contributed by atoms with van der Waals surface area (Å²) in [6.45, 7) is 2.51. The van der Waals surface area contributed by atoms with Gasteiger partial charge in [-0.25, -0.2) is 0 Å². The number of aliphatic imine (C=N–C) groups is 1. The van der Waals surface area contributed by atoms with Crippen LogP contribution >= 0.6 is 11.6 Å². The van der Waals surface area contributed by atoms with Crippen LogP contribution in [-0.4, -0.2) is 28.3 Å². The average molecular weight is 446 g/mol. The summed E-state index contributed by atoms with van der Waals surface area (Å²) in [6, 6.07) is 18.3. The molecule has 0 aromatic heterocycles. The van der Waals surface area contributed by atoms with Crippen LogP contribution in [0.4, 0.5) is 5.69 Å². The van der Waals surface area contributed by atoms with E-state index in [0.29, 0.717) is 12.2 Å². The molecule has 6 nitrogen and oxygen atoms in total. The van der Waals surface area contributed by atoms with Gasteiger partial charge in [-0.1, -0.05) is 29.8 Å². The number of ether oxygens (including phenoxy) is 2. The van der Waals surface area contributed by atoms with Gasteiger partial charge in [-0.2, -0.15) is 8.42 Å². The van der Waals surface area contributed by atoms with Gasteiger partial charge in [-0.05, 0) is 61.0 Å². The van der Waals surface area contributed by atoms with Crippen LogP contribution in [0, 0.1) is 0 Å². The lowest BCUT2D eigenvalue weighted by Crippen LogP contribution is -2.10. The van der Waals surface area contributed by atoms with E-state index >= 15 is 0 Å². The van der Waals surface area contributed by atoms with Gasteiger partial charge in [0.15, 0.2) is 5.75 Å². The van der Waals surface area contributed by atoms with Crippen LogP contribution in [0.15, 0.2) is 76.6 Å². The number of rotatable bonds is 8. The summed E-state index contributed by atoms with van der Waals surface area (Å²) >= 11 is 6.30. The van der Waals surface area contributed by atoms with Crippen LogP contribution in [-0.2, 0) is 10.1 Å². The van der Waals surface area contributed by atoms with Crippen molar-refractivity contribution in [3.05, 3.63) is 77.3 Å². The lowest BCUT2D eigenvalue weighted by molar-refractivity contribution is 0.340. The number of hydrogen-bond acceptors (Lipinski definition) is 6.